The van der Waals surface area contributed by atoms with Crippen LogP contribution in [0.2, 0.25) is 5.02 Å². The molecule has 0 bridgehead atoms. The van der Waals surface area contributed by atoms with Crippen LogP contribution in [0.25, 0.3) is 22.4 Å². The molecule has 6 heteroatoms. The molecular weight excluding hydrogens is 430 g/mol. The highest BCUT2D eigenvalue weighted by Gasteiger charge is 2.22. The molecule has 3 aromatic carbocycles. The van der Waals surface area contributed by atoms with Crippen LogP contribution in [0.4, 0.5) is 5.69 Å². The van der Waals surface area contributed by atoms with Gasteiger partial charge in [0.25, 0.3) is 0 Å². The number of rotatable bonds is 7. The Morgan fingerprint density at radius 2 is 1.58 bits per heavy atom. The zero-order valence-electron chi connectivity index (χ0n) is 18.6. The minimum absolute atomic E-state index is 0.497. The molecule has 1 aromatic heterocycles. The average molecular weight is 458 g/mol. The molecule has 1 N–H and O–H groups in total. The summed E-state index contributed by atoms with van der Waals surface area (Å²) in [6.45, 7) is 3.92. The SMILES string of the molecule is Clc1ccc(-c2ccc(-c3cnn(CCCC4CNCCN4c4ccccc4)n3)cc2)cc1. The zero-order valence-corrected chi connectivity index (χ0v) is 19.3. The highest BCUT2D eigenvalue weighted by molar-refractivity contribution is 6.30. The van der Waals surface area contributed by atoms with Crippen LogP contribution in [0.3, 0.4) is 0 Å². The van der Waals surface area contributed by atoms with Gasteiger partial charge in [-0.2, -0.15) is 15.0 Å². The molecule has 168 valence electrons. The quantitative estimate of drug-likeness (QED) is 0.396. The lowest BCUT2D eigenvalue weighted by molar-refractivity contribution is 0.415. The smallest absolute Gasteiger partial charge is 0.113 e. The summed E-state index contributed by atoms with van der Waals surface area (Å²) in [4.78, 5) is 4.35. The molecule has 5 nitrogen and oxygen atoms in total. The molecule has 0 radical (unpaired) electrons. The van der Waals surface area contributed by atoms with Crippen molar-refractivity contribution >= 4 is 17.3 Å². The molecule has 1 atom stereocenters. The fourth-order valence-electron chi connectivity index (χ4n) is 4.46. The van der Waals surface area contributed by atoms with E-state index in [4.69, 9.17) is 16.7 Å². The second-order valence-corrected chi connectivity index (χ2v) is 8.88. The number of hydrogen-bond donors (Lipinski definition) is 1. The topological polar surface area (TPSA) is 46.0 Å². The summed E-state index contributed by atoms with van der Waals surface area (Å²) >= 11 is 6.00. The third kappa shape index (κ3) is 5.27. The maximum absolute atomic E-state index is 6.00. The first kappa shape index (κ1) is 21.7. The summed E-state index contributed by atoms with van der Waals surface area (Å²) in [6.07, 6.45) is 4.00. The molecule has 0 amide bonds. The number of halogens is 1. The van der Waals surface area contributed by atoms with E-state index < -0.39 is 0 Å². The molecule has 1 unspecified atom stereocenters. The summed E-state index contributed by atoms with van der Waals surface area (Å²) in [5, 5.41) is 13.5. The Labute approximate surface area is 200 Å². The molecule has 1 aliphatic heterocycles. The fraction of sp³-hybridized carbons (Fsp3) is 0.259. The van der Waals surface area contributed by atoms with Crippen LogP contribution in [-0.4, -0.2) is 40.7 Å². The first-order chi connectivity index (χ1) is 16.3. The van der Waals surface area contributed by atoms with Gasteiger partial charge in [0.05, 0.1) is 12.7 Å². The van der Waals surface area contributed by atoms with E-state index in [1.807, 2.05) is 35.3 Å². The maximum atomic E-state index is 6.00. The fourth-order valence-corrected chi connectivity index (χ4v) is 4.59. The van der Waals surface area contributed by atoms with Gasteiger partial charge in [0.2, 0.25) is 0 Å². The van der Waals surface area contributed by atoms with E-state index in [1.54, 1.807) is 0 Å². The molecule has 33 heavy (non-hydrogen) atoms. The standard InChI is InChI=1S/C27H28ClN5/c28-24-14-12-22(13-15-24)21-8-10-23(11-9-21)27-20-30-33(31-27)17-4-7-26-19-29-16-18-32(26)25-5-2-1-3-6-25/h1-3,5-6,8-15,20,26,29H,4,7,16-19H2. The minimum atomic E-state index is 0.497. The van der Waals surface area contributed by atoms with Gasteiger partial charge < -0.3 is 10.2 Å². The van der Waals surface area contributed by atoms with Gasteiger partial charge in [0, 0.05) is 41.9 Å². The Morgan fingerprint density at radius 1 is 0.879 bits per heavy atom. The molecule has 2 heterocycles. The highest BCUT2D eigenvalue weighted by atomic mass is 35.5. The predicted octanol–water partition coefficient (Wildman–Crippen LogP) is 5.52. The van der Waals surface area contributed by atoms with E-state index in [-0.39, 0.29) is 0 Å². The van der Waals surface area contributed by atoms with Gasteiger partial charge in [-0.15, -0.1) is 0 Å². The molecule has 0 spiro atoms. The van der Waals surface area contributed by atoms with Gasteiger partial charge in [-0.3, -0.25) is 0 Å². The Kier molecular flexibility index (Phi) is 6.70. The summed E-state index contributed by atoms with van der Waals surface area (Å²) in [5.74, 6) is 0. The Morgan fingerprint density at radius 3 is 2.33 bits per heavy atom. The van der Waals surface area contributed by atoms with Crippen LogP contribution in [0.1, 0.15) is 12.8 Å². The van der Waals surface area contributed by atoms with Gasteiger partial charge in [0.15, 0.2) is 0 Å². The van der Waals surface area contributed by atoms with Crippen molar-refractivity contribution in [1.29, 1.82) is 0 Å². The first-order valence-corrected chi connectivity index (χ1v) is 11.9. The molecule has 0 aliphatic carbocycles. The van der Waals surface area contributed by atoms with E-state index in [1.165, 1.54) is 5.69 Å². The van der Waals surface area contributed by atoms with Gasteiger partial charge >= 0.3 is 0 Å². The van der Waals surface area contributed by atoms with Crippen molar-refractivity contribution in [2.24, 2.45) is 0 Å². The van der Waals surface area contributed by atoms with Gasteiger partial charge in [-0.05, 0) is 48.2 Å². The Balaban J connectivity index is 1.18. The van der Waals surface area contributed by atoms with Gasteiger partial charge in [-0.1, -0.05) is 66.2 Å². The van der Waals surface area contributed by atoms with Crippen molar-refractivity contribution in [2.75, 3.05) is 24.5 Å². The third-order valence-corrected chi connectivity index (χ3v) is 6.48. The van der Waals surface area contributed by atoms with E-state index >= 15 is 0 Å². The number of nitrogens with one attached hydrogen (secondary N) is 1. The molecule has 5 rings (SSSR count). The molecule has 1 fully saturated rings. The number of hydrogen-bond acceptors (Lipinski definition) is 4. The van der Waals surface area contributed by atoms with Crippen molar-refractivity contribution in [3.63, 3.8) is 0 Å². The number of benzene rings is 3. The second-order valence-electron chi connectivity index (χ2n) is 8.44. The lowest BCUT2D eigenvalue weighted by Crippen LogP contribution is -2.51. The van der Waals surface area contributed by atoms with Crippen LogP contribution >= 0.6 is 11.6 Å². The number of nitrogens with zero attached hydrogens (tertiary/aromatic N) is 4. The summed E-state index contributed by atoms with van der Waals surface area (Å²) < 4.78 is 0. The van der Waals surface area contributed by atoms with Crippen molar-refractivity contribution in [1.82, 2.24) is 20.3 Å². The summed E-state index contributed by atoms with van der Waals surface area (Å²) in [7, 11) is 0. The second kappa shape index (κ2) is 10.2. The lowest BCUT2D eigenvalue weighted by Gasteiger charge is -2.38. The normalized spacial score (nSPS) is 16.2. The van der Waals surface area contributed by atoms with Crippen LogP contribution in [0.15, 0.2) is 85.1 Å². The van der Waals surface area contributed by atoms with E-state index in [2.05, 4.69) is 69.9 Å². The van der Waals surface area contributed by atoms with Crippen molar-refractivity contribution in [2.45, 2.75) is 25.4 Å². The maximum Gasteiger partial charge on any atom is 0.113 e. The van der Waals surface area contributed by atoms with Gasteiger partial charge in [-0.25, -0.2) is 0 Å². The molecular formula is C27H28ClN5. The zero-order chi connectivity index (χ0) is 22.5. The lowest BCUT2D eigenvalue weighted by atomic mass is 10.0. The molecule has 1 aliphatic rings. The highest BCUT2D eigenvalue weighted by Crippen LogP contribution is 2.25. The first-order valence-electron chi connectivity index (χ1n) is 11.6. The number of para-hydroxylation sites is 1. The van der Waals surface area contributed by atoms with Crippen LogP contribution in [0.5, 0.6) is 0 Å². The number of anilines is 1. The summed E-state index contributed by atoms with van der Waals surface area (Å²) in [6, 6.07) is 27.6. The van der Waals surface area contributed by atoms with Crippen LogP contribution in [-0.2, 0) is 6.54 Å². The van der Waals surface area contributed by atoms with Crippen molar-refractivity contribution < 1.29 is 0 Å². The largest absolute Gasteiger partial charge is 0.366 e. The molecule has 0 saturated carbocycles. The third-order valence-electron chi connectivity index (χ3n) is 6.23. The van der Waals surface area contributed by atoms with Crippen LogP contribution < -0.4 is 10.2 Å². The van der Waals surface area contributed by atoms with Crippen molar-refractivity contribution in [3.8, 4) is 22.4 Å². The van der Waals surface area contributed by atoms with Crippen molar-refractivity contribution in [3.05, 3.63) is 90.1 Å². The number of piperazine rings is 1. The average Bonchev–Trinajstić information content (AvgIpc) is 3.34. The Bertz CT molecular complexity index is 1160. The van der Waals surface area contributed by atoms with E-state index in [9.17, 15) is 0 Å². The molecule has 1 saturated heterocycles. The Hall–Kier alpha value is -3.15. The summed E-state index contributed by atoms with van der Waals surface area (Å²) in [5.41, 5.74) is 5.60. The minimum Gasteiger partial charge on any atom is -0.366 e. The monoisotopic (exact) mass is 457 g/mol. The van der Waals surface area contributed by atoms with E-state index in [0.717, 1.165) is 66.4 Å². The molecule has 4 aromatic rings. The number of aryl methyl sites for hydroxylation is 1. The van der Waals surface area contributed by atoms with Crippen LogP contribution in [0, 0.1) is 0 Å². The predicted molar refractivity (Wildman–Crippen MR) is 136 cm³/mol. The van der Waals surface area contributed by atoms with Gasteiger partial charge in [0.1, 0.15) is 5.69 Å². The van der Waals surface area contributed by atoms with E-state index in [0.29, 0.717) is 6.04 Å². The number of aromatic nitrogens is 3.